The maximum Gasteiger partial charge on any atom is 0.222 e. The first-order valence-electron chi connectivity index (χ1n) is 11.0. The van der Waals surface area contributed by atoms with Gasteiger partial charge in [0.05, 0.1) is 11.4 Å². The number of carbonyl (C=O) groups is 2. The molecule has 0 spiro atoms. The summed E-state index contributed by atoms with van der Waals surface area (Å²) in [6, 6.07) is 13.5. The molecular weight excluding hydrogens is 438 g/mol. The summed E-state index contributed by atoms with van der Waals surface area (Å²) in [7, 11) is -3.18. The number of hydrogen-bond acceptors (Lipinski definition) is 5. The van der Waals surface area contributed by atoms with Gasteiger partial charge in [-0.3, -0.25) is 9.59 Å². The quantitative estimate of drug-likeness (QED) is 0.552. The molecule has 8 heteroatoms. The van der Waals surface area contributed by atoms with Crippen LogP contribution in [0.5, 0.6) is 0 Å². The standard InChI is InChI=1S/C25H27N3O4S/c1-3-33(31,32)15-18-12-21-24(22(30)13-18)20(11-17-7-5-4-6-8-17)25(28-21)19-9-10-26-23(14-19)27-16(2)29/h4-10,14,18,28H,3,11-13,15H2,1-2H3,(H,26,27,29). The third kappa shape index (κ3) is 5.22. The van der Waals surface area contributed by atoms with Crippen molar-refractivity contribution in [1.82, 2.24) is 9.97 Å². The number of hydrogen-bond donors (Lipinski definition) is 2. The number of H-pyrrole nitrogens is 1. The van der Waals surface area contributed by atoms with E-state index in [1.165, 1.54) is 6.92 Å². The molecule has 0 bridgehead atoms. The molecule has 0 radical (unpaired) electrons. The second-order valence-electron chi connectivity index (χ2n) is 8.50. The third-order valence-electron chi connectivity index (χ3n) is 5.93. The predicted molar refractivity (Wildman–Crippen MR) is 128 cm³/mol. The lowest BCUT2D eigenvalue weighted by atomic mass is 9.84. The van der Waals surface area contributed by atoms with E-state index in [9.17, 15) is 18.0 Å². The van der Waals surface area contributed by atoms with Crippen LogP contribution in [0.4, 0.5) is 5.82 Å². The Labute approximate surface area is 193 Å². The van der Waals surface area contributed by atoms with Crippen molar-refractivity contribution < 1.29 is 18.0 Å². The number of pyridine rings is 1. The number of nitrogens with one attached hydrogen (secondary N) is 2. The highest BCUT2D eigenvalue weighted by Gasteiger charge is 2.33. The van der Waals surface area contributed by atoms with Crippen LogP contribution in [0.25, 0.3) is 11.3 Å². The van der Waals surface area contributed by atoms with Crippen LogP contribution in [0.2, 0.25) is 0 Å². The summed E-state index contributed by atoms with van der Waals surface area (Å²) in [6.07, 6.45) is 2.90. The maximum absolute atomic E-state index is 13.3. The molecule has 1 unspecified atom stereocenters. The molecule has 172 valence electrons. The van der Waals surface area contributed by atoms with Gasteiger partial charge in [0, 0.05) is 48.5 Å². The van der Waals surface area contributed by atoms with Gasteiger partial charge in [-0.05, 0) is 35.6 Å². The van der Waals surface area contributed by atoms with E-state index in [1.54, 1.807) is 19.2 Å². The van der Waals surface area contributed by atoms with Gasteiger partial charge in [-0.2, -0.15) is 0 Å². The molecule has 2 N–H and O–H groups in total. The minimum absolute atomic E-state index is 0.0129. The van der Waals surface area contributed by atoms with E-state index < -0.39 is 9.84 Å². The number of anilines is 1. The van der Waals surface area contributed by atoms with Crippen LogP contribution >= 0.6 is 0 Å². The Morgan fingerprint density at radius 3 is 2.64 bits per heavy atom. The van der Waals surface area contributed by atoms with Crippen molar-refractivity contribution in [3.05, 3.63) is 71.0 Å². The molecule has 1 aromatic carbocycles. The number of rotatable bonds is 7. The lowest BCUT2D eigenvalue weighted by Gasteiger charge is -2.21. The number of ketones is 1. The van der Waals surface area contributed by atoms with Gasteiger partial charge in [0.15, 0.2) is 5.78 Å². The molecule has 0 aliphatic heterocycles. The fraction of sp³-hybridized carbons (Fsp3) is 0.320. The minimum Gasteiger partial charge on any atom is -0.358 e. The second kappa shape index (κ2) is 9.31. The zero-order valence-electron chi connectivity index (χ0n) is 18.7. The van der Waals surface area contributed by atoms with Gasteiger partial charge in [0.2, 0.25) is 5.91 Å². The lowest BCUT2D eigenvalue weighted by Crippen LogP contribution is -2.27. The number of benzene rings is 1. The number of amides is 1. The number of fused-ring (bicyclic) bond motifs is 1. The lowest BCUT2D eigenvalue weighted by molar-refractivity contribution is -0.114. The van der Waals surface area contributed by atoms with Crippen molar-refractivity contribution in [3.8, 4) is 11.3 Å². The van der Waals surface area contributed by atoms with Gasteiger partial charge in [-0.15, -0.1) is 0 Å². The first-order valence-corrected chi connectivity index (χ1v) is 12.8. The molecule has 1 atom stereocenters. The summed E-state index contributed by atoms with van der Waals surface area (Å²) < 4.78 is 24.4. The first-order chi connectivity index (χ1) is 15.8. The van der Waals surface area contributed by atoms with Gasteiger partial charge in [-0.25, -0.2) is 13.4 Å². The number of aromatic nitrogens is 2. The Hall–Kier alpha value is -3.26. The molecule has 2 heterocycles. The fourth-order valence-electron chi connectivity index (χ4n) is 4.46. The molecule has 2 aromatic heterocycles. The number of aromatic amines is 1. The zero-order valence-corrected chi connectivity index (χ0v) is 19.5. The molecule has 33 heavy (non-hydrogen) atoms. The Bertz CT molecular complexity index is 1300. The van der Waals surface area contributed by atoms with Crippen LogP contribution in [0.15, 0.2) is 48.7 Å². The first kappa shape index (κ1) is 22.9. The van der Waals surface area contributed by atoms with Crippen molar-refractivity contribution in [2.75, 3.05) is 16.8 Å². The molecule has 7 nitrogen and oxygen atoms in total. The third-order valence-corrected chi connectivity index (χ3v) is 7.79. The van der Waals surface area contributed by atoms with Gasteiger partial charge >= 0.3 is 0 Å². The zero-order chi connectivity index (χ0) is 23.6. The topological polar surface area (TPSA) is 109 Å². The van der Waals surface area contributed by atoms with Crippen molar-refractivity contribution in [3.63, 3.8) is 0 Å². The molecule has 1 aliphatic rings. The SMILES string of the molecule is CCS(=O)(=O)CC1CC(=O)c2c([nH]c(-c3ccnc(NC(C)=O)c3)c2Cc2ccccc2)C1. The van der Waals surface area contributed by atoms with E-state index >= 15 is 0 Å². The highest BCUT2D eigenvalue weighted by molar-refractivity contribution is 7.91. The number of carbonyl (C=O) groups excluding carboxylic acids is 2. The smallest absolute Gasteiger partial charge is 0.222 e. The van der Waals surface area contributed by atoms with Crippen molar-refractivity contribution in [2.24, 2.45) is 5.92 Å². The molecule has 0 saturated heterocycles. The van der Waals surface area contributed by atoms with Gasteiger partial charge in [0.25, 0.3) is 0 Å². The number of sulfone groups is 1. The van der Waals surface area contributed by atoms with Crippen molar-refractivity contribution in [1.29, 1.82) is 0 Å². The summed E-state index contributed by atoms with van der Waals surface area (Å²) in [6.45, 7) is 3.05. The summed E-state index contributed by atoms with van der Waals surface area (Å²) in [5.74, 6) is 0.0268. The van der Waals surface area contributed by atoms with Crippen molar-refractivity contribution >= 4 is 27.3 Å². The fourth-order valence-corrected chi connectivity index (χ4v) is 5.65. The molecular formula is C25H27N3O4S. The largest absolute Gasteiger partial charge is 0.358 e. The Kier molecular flexibility index (Phi) is 6.47. The number of nitrogens with zero attached hydrogens (tertiary/aromatic N) is 1. The summed E-state index contributed by atoms with van der Waals surface area (Å²) >= 11 is 0. The minimum atomic E-state index is -3.18. The maximum atomic E-state index is 13.3. The molecule has 1 aliphatic carbocycles. The van der Waals surface area contributed by atoms with Gasteiger partial charge in [0.1, 0.15) is 15.7 Å². The van der Waals surface area contributed by atoms with E-state index in [1.807, 2.05) is 36.4 Å². The Balaban J connectivity index is 1.79. The van der Waals surface area contributed by atoms with Gasteiger partial charge < -0.3 is 10.3 Å². The van der Waals surface area contributed by atoms with Crippen LogP contribution in [0, 0.1) is 5.92 Å². The molecule has 3 aromatic rings. The average molecular weight is 466 g/mol. The Morgan fingerprint density at radius 1 is 1.18 bits per heavy atom. The van der Waals surface area contributed by atoms with Gasteiger partial charge in [-0.1, -0.05) is 37.3 Å². The normalized spacial score (nSPS) is 15.8. The van der Waals surface area contributed by atoms with E-state index in [-0.39, 0.29) is 35.5 Å². The Morgan fingerprint density at radius 2 is 1.94 bits per heavy atom. The van der Waals surface area contributed by atoms with E-state index in [0.717, 1.165) is 28.1 Å². The predicted octanol–water partition coefficient (Wildman–Crippen LogP) is 3.81. The van der Waals surface area contributed by atoms with Crippen LogP contribution in [0.1, 0.15) is 47.4 Å². The van der Waals surface area contributed by atoms with E-state index in [4.69, 9.17) is 0 Å². The van der Waals surface area contributed by atoms with Crippen LogP contribution in [-0.4, -0.2) is 41.6 Å². The number of Topliss-reactive ketones (excluding diaryl/α,β-unsaturated/α-hetero) is 1. The summed E-state index contributed by atoms with van der Waals surface area (Å²) in [5.41, 5.74) is 5.00. The summed E-state index contributed by atoms with van der Waals surface area (Å²) in [4.78, 5) is 32.4. The molecule has 4 rings (SSSR count). The van der Waals surface area contributed by atoms with Crippen molar-refractivity contribution in [2.45, 2.75) is 33.1 Å². The van der Waals surface area contributed by atoms with Crippen LogP contribution in [0.3, 0.4) is 0 Å². The molecule has 0 fully saturated rings. The summed E-state index contributed by atoms with van der Waals surface area (Å²) in [5, 5.41) is 2.70. The van der Waals surface area contributed by atoms with E-state index in [2.05, 4.69) is 15.3 Å². The average Bonchev–Trinajstić information content (AvgIpc) is 3.12. The van der Waals surface area contributed by atoms with Crippen LogP contribution < -0.4 is 5.32 Å². The highest BCUT2D eigenvalue weighted by Crippen LogP contribution is 2.37. The van der Waals surface area contributed by atoms with Crippen LogP contribution in [-0.2, 0) is 27.5 Å². The van der Waals surface area contributed by atoms with E-state index in [0.29, 0.717) is 24.2 Å². The molecule has 1 amide bonds. The monoisotopic (exact) mass is 465 g/mol. The second-order valence-corrected chi connectivity index (χ2v) is 10.9. The molecule has 0 saturated carbocycles. The highest BCUT2D eigenvalue weighted by atomic mass is 32.2.